The molecule has 0 spiro atoms. The molecule has 0 unspecified atom stereocenters. The first-order chi connectivity index (χ1) is 16.0. The molecule has 0 aliphatic carbocycles. The fraction of sp³-hybridized carbons (Fsp3) is 0.933. The standard InChI is InChI=1S/C30H62O2P.HI/c1-6-8-10-12-19-23-27-31-30(32-28-24-20-13-11-9-7-2)26-22-18-16-14-15-17-21-25-29-33(3,4)5;/h15,17,30H,6-14,16,18-29H2,1-5H3;1H/q+1;/p-1/b17-15-;. The van der Waals surface area contributed by atoms with Crippen LogP contribution in [0.3, 0.4) is 0 Å². The lowest BCUT2D eigenvalue weighted by Gasteiger charge is -2.19. The molecule has 0 aliphatic heterocycles. The second kappa shape index (κ2) is 28.4. The van der Waals surface area contributed by atoms with E-state index in [4.69, 9.17) is 9.47 Å². The Morgan fingerprint density at radius 2 is 1.00 bits per heavy atom. The van der Waals surface area contributed by atoms with E-state index < -0.39 is 7.26 Å². The number of hydrogen-bond donors (Lipinski definition) is 0. The molecule has 0 aromatic carbocycles. The first-order valence-electron chi connectivity index (χ1n) is 14.7. The Hall–Kier alpha value is 0.820. The van der Waals surface area contributed by atoms with E-state index in [1.807, 2.05) is 0 Å². The van der Waals surface area contributed by atoms with Crippen LogP contribution in [0.15, 0.2) is 12.2 Å². The summed E-state index contributed by atoms with van der Waals surface area (Å²) in [5, 5.41) is 0. The second-order valence-corrected chi connectivity index (χ2v) is 16.0. The van der Waals surface area contributed by atoms with Crippen molar-refractivity contribution in [1.29, 1.82) is 0 Å². The van der Waals surface area contributed by atoms with Crippen LogP contribution < -0.4 is 24.0 Å². The van der Waals surface area contributed by atoms with E-state index in [-0.39, 0.29) is 30.3 Å². The molecule has 0 bridgehead atoms. The summed E-state index contributed by atoms with van der Waals surface area (Å²) in [6.45, 7) is 13.6. The molecule has 0 radical (unpaired) electrons. The maximum atomic E-state index is 6.16. The smallest absolute Gasteiger partial charge is 0.157 e. The van der Waals surface area contributed by atoms with Gasteiger partial charge in [-0.25, -0.2) is 0 Å². The molecule has 0 amide bonds. The molecule has 0 rings (SSSR count). The van der Waals surface area contributed by atoms with Crippen molar-refractivity contribution in [2.75, 3.05) is 39.4 Å². The topological polar surface area (TPSA) is 18.5 Å². The highest BCUT2D eigenvalue weighted by molar-refractivity contribution is 7.73. The van der Waals surface area contributed by atoms with Crippen molar-refractivity contribution in [2.24, 2.45) is 0 Å². The minimum Gasteiger partial charge on any atom is -1.00 e. The van der Waals surface area contributed by atoms with Gasteiger partial charge in [0.15, 0.2) is 6.29 Å². The third-order valence-corrected chi connectivity index (χ3v) is 7.94. The molecule has 0 aromatic rings. The number of halogens is 1. The molecule has 0 saturated heterocycles. The van der Waals surface area contributed by atoms with Crippen molar-refractivity contribution >= 4 is 7.26 Å². The number of unbranched alkanes of at least 4 members (excludes halogenated alkanes) is 14. The lowest BCUT2D eigenvalue weighted by Crippen LogP contribution is -3.00. The Labute approximate surface area is 233 Å². The highest BCUT2D eigenvalue weighted by Gasteiger charge is 2.14. The maximum Gasteiger partial charge on any atom is 0.157 e. The van der Waals surface area contributed by atoms with E-state index in [2.05, 4.69) is 46.0 Å². The minimum atomic E-state index is -0.588. The minimum absolute atomic E-state index is 0. The Morgan fingerprint density at radius 1 is 0.559 bits per heavy atom. The second-order valence-electron chi connectivity index (χ2n) is 11.0. The van der Waals surface area contributed by atoms with Crippen LogP contribution in [-0.2, 0) is 9.47 Å². The predicted octanol–water partition coefficient (Wildman–Crippen LogP) is 7.26. The molecule has 0 heterocycles. The van der Waals surface area contributed by atoms with E-state index >= 15 is 0 Å². The SMILES string of the molecule is CCCCCCCCOC(CCCCC/C=C\CCC[P+](C)(C)C)OCCCCCCCC.[I-]. The van der Waals surface area contributed by atoms with Gasteiger partial charge in [-0.05, 0) is 51.4 Å². The zero-order chi connectivity index (χ0) is 24.5. The van der Waals surface area contributed by atoms with Crippen molar-refractivity contribution in [2.45, 2.75) is 142 Å². The summed E-state index contributed by atoms with van der Waals surface area (Å²) in [4.78, 5) is 0. The van der Waals surface area contributed by atoms with Crippen LogP contribution >= 0.6 is 7.26 Å². The van der Waals surface area contributed by atoms with Crippen molar-refractivity contribution in [3.8, 4) is 0 Å². The van der Waals surface area contributed by atoms with Gasteiger partial charge in [-0.3, -0.25) is 0 Å². The molecule has 0 N–H and O–H groups in total. The Kier molecular flexibility index (Phi) is 30.9. The largest absolute Gasteiger partial charge is 1.00 e. The van der Waals surface area contributed by atoms with Gasteiger partial charge in [0.1, 0.15) is 0 Å². The van der Waals surface area contributed by atoms with E-state index in [1.165, 1.54) is 122 Å². The van der Waals surface area contributed by atoms with Gasteiger partial charge >= 0.3 is 0 Å². The van der Waals surface area contributed by atoms with Crippen LogP contribution in [0, 0.1) is 0 Å². The van der Waals surface area contributed by atoms with Crippen molar-refractivity contribution in [3.05, 3.63) is 12.2 Å². The molecule has 0 saturated carbocycles. The maximum absolute atomic E-state index is 6.16. The molecule has 2 nitrogen and oxygen atoms in total. The summed E-state index contributed by atoms with van der Waals surface area (Å²) < 4.78 is 12.3. The summed E-state index contributed by atoms with van der Waals surface area (Å²) in [7, 11) is -0.588. The summed E-state index contributed by atoms with van der Waals surface area (Å²) >= 11 is 0. The number of allylic oxidation sites excluding steroid dienone is 2. The molecule has 206 valence electrons. The van der Waals surface area contributed by atoms with Crippen molar-refractivity contribution in [1.82, 2.24) is 0 Å². The first-order valence-corrected chi connectivity index (χ1v) is 18.0. The molecule has 4 heteroatoms. The van der Waals surface area contributed by atoms with Crippen molar-refractivity contribution in [3.63, 3.8) is 0 Å². The Balaban J connectivity index is 0. The van der Waals surface area contributed by atoms with Crippen LogP contribution in [0.5, 0.6) is 0 Å². The van der Waals surface area contributed by atoms with E-state index in [1.54, 1.807) is 0 Å². The lowest BCUT2D eigenvalue weighted by molar-refractivity contribution is -0.148. The molecule has 0 fully saturated rings. The summed E-state index contributed by atoms with van der Waals surface area (Å²) in [5.41, 5.74) is 0. The van der Waals surface area contributed by atoms with Crippen LogP contribution in [0.25, 0.3) is 0 Å². The van der Waals surface area contributed by atoms with Gasteiger partial charge in [0.25, 0.3) is 0 Å². The van der Waals surface area contributed by atoms with Gasteiger partial charge in [0.2, 0.25) is 0 Å². The average Bonchev–Trinajstić information content (AvgIpc) is 2.77. The molecule has 0 atom stereocenters. The highest BCUT2D eigenvalue weighted by atomic mass is 127. The molecular weight excluding hydrogens is 550 g/mol. The van der Waals surface area contributed by atoms with Crippen LogP contribution in [0.2, 0.25) is 0 Å². The van der Waals surface area contributed by atoms with E-state index in [9.17, 15) is 0 Å². The van der Waals surface area contributed by atoms with Gasteiger partial charge in [-0.15, -0.1) is 0 Å². The van der Waals surface area contributed by atoms with E-state index in [0.29, 0.717) is 0 Å². The lowest BCUT2D eigenvalue weighted by atomic mass is 10.1. The monoisotopic (exact) mass is 612 g/mol. The quantitative estimate of drug-likeness (QED) is 0.0337. The Morgan fingerprint density at radius 3 is 1.50 bits per heavy atom. The van der Waals surface area contributed by atoms with Gasteiger partial charge in [-0.1, -0.05) is 96.6 Å². The zero-order valence-electron chi connectivity index (χ0n) is 23.9. The zero-order valence-corrected chi connectivity index (χ0v) is 27.0. The highest BCUT2D eigenvalue weighted by Crippen LogP contribution is 2.47. The van der Waals surface area contributed by atoms with Crippen LogP contribution in [0.4, 0.5) is 0 Å². The van der Waals surface area contributed by atoms with Gasteiger partial charge in [0, 0.05) is 40.5 Å². The number of hydrogen-bond acceptors (Lipinski definition) is 2. The molecule has 0 aromatic heterocycles. The third-order valence-electron chi connectivity index (χ3n) is 6.28. The Bertz CT molecular complexity index is 391. The predicted molar refractivity (Wildman–Crippen MR) is 153 cm³/mol. The number of ether oxygens (including phenoxy) is 2. The van der Waals surface area contributed by atoms with Crippen LogP contribution in [-0.4, -0.2) is 45.7 Å². The third kappa shape index (κ3) is 30.9. The normalized spacial score (nSPS) is 12.1. The molecule has 0 aliphatic rings. The fourth-order valence-electron chi connectivity index (χ4n) is 4.08. The average molecular weight is 613 g/mol. The summed E-state index contributed by atoms with van der Waals surface area (Å²) in [5.74, 6) is 0. The summed E-state index contributed by atoms with van der Waals surface area (Å²) in [6.07, 6.45) is 30.8. The van der Waals surface area contributed by atoms with Gasteiger partial charge in [-0.2, -0.15) is 0 Å². The molecule has 34 heavy (non-hydrogen) atoms. The van der Waals surface area contributed by atoms with Gasteiger partial charge in [0.05, 0.1) is 6.16 Å². The first kappa shape index (κ1) is 37.0. The summed E-state index contributed by atoms with van der Waals surface area (Å²) in [6, 6.07) is 0. The van der Waals surface area contributed by atoms with Gasteiger partial charge < -0.3 is 33.5 Å². The number of rotatable bonds is 26. The van der Waals surface area contributed by atoms with Crippen LogP contribution in [0.1, 0.15) is 136 Å². The molecular formula is C30H62IO2P. The van der Waals surface area contributed by atoms with E-state index in [0.717, 1.165) is 19.6 Å². The fourth-order valence-corrected chi connectivity index (χ4v) is 5.21. The van der Waals surface area contributed by atoms with Crippen molar-refractivity contribution < 1.29 is 33.5 Å².